The van der Waals surface area contributed by atoms with Gasteiger partial charge in [0, 0.05) is 17.4 Å². The van der Waals surface area contributed by atoms with Gasteiger partial charge in [-0.05, 0) is 43.7 Å². The van der Waals surface area contributed by atoms with Gasteiger partial charge in [0.2, 0.25) is 0 Å². The van der Waals surface area contributed by atoms with E-state index in [0.29, 0.717) is 0 Å². The highest BCUT2D eigenvalue weighted by Crippen LogP contribution is 2.35. The molecule has 16 heavy (non-hydrogen) atoms. The molecule has 1 saturated carbocycles. The highest BCUT2D eigenvalue weighted by atomic mass is 14.8. The molecule has 0 saturated heterocycles. The lowest BCUT2D eigenvalue weighted by molar-refractivity contribution is 0.377. The SMILES string of the molecule is Cc1ccc(C2(N)CCCC(C)CC2)cn1. The van der Waals surface area contributed by atoms with Crippen molar-refractivity contribution in [3.05, 3.63) is 29.6 Å². The number of aryl methyl sites for hydroxylation is 1. The summed E-state index contributed by atoms with van der Waals surface area (Å²) in [5, 5.41) is 0. The molecule has 0 bridgehead atoms. The molecule has 1 fully saturated rings. The minimum absolute atomic E-state index is 0.133. The third-order valence-electron chi connectivity index (χ3n) is 3.89. The fourth-order valence-electron chi connectivity index (χ4n) is 2.59. The third kappa shape index (κ3) is 2.43. The van der Waals surface area contributed by atoms with Crippen molar-refractivity contribution in [1.82, 2.24) is 4.98 Å². The Hall–Kier alpha value is -0.890. The molecular weight excluding hydrogens is 196 g/mol. The zero-order valence-electron chi connectivity index (χ0n) is 10.4. The van der Waals surface area contributed by atoms with Gasteiger partial charge in [0.15, 0.2) is 0 Å². The van der Waals surface area contributed by atoms with Crippen LogP contribution in [-0.2, 0) is 5.54 Å². The molecule has 1 heterocycles. The van der Waals surface area contributed by atoms with Crippen LogP contribution in [0.15, 0.2) is 18.3 Å². The normalized spacial score (nSPS) is 31.1. The molecule has 2 N–H and O–H groups in total. The van der Waals surface area contributed by atoms with Crippen LogP contribution in [0.2, 0.25) is 0 Å². The van der Waals surface area contributed by atoms with Crippen molar-refractivity contribution in [2.24, 2.45) is 11.7 Å². The largest absolute Gasteiger partial charge is 0.321 e. The number of nitrogens with two attached hydrogens (primary N) is 1. The standard InChI is InChI=1S/C14H22N2/c1-11-4-3-8-14(15,9-7-11)13-6-5-12(2)16-10-13/h5-6,10-11H,3-4,7-9,15H2,1-2H3. The summed E-state index contributed by atoms with van der Waals surface area (Å²) in [6.45, 7) is 4.35. The van der Waals surface area contributed by atoms with E-state index in [1.807, 2.05) is 13.1 Å². The zero-order valence-corrected chi connectivity index (χ0v) is 10.4. The number of hydrogen-bond acceptors (Lipinski definition) is 2. The molecule has 0 radical (unpaired) electrons. The minimum Gasteiger partial charge on any atom is -0.321 e. The Morgan fingerprint density at radius 3 is 2.81 bits per heavy atom. The van der Waals surface area contributed by atoms with E-state index in [4.69, 9.17) is 5.73 Å². The molecule has 0 spiro atoms. The van der Waals surface area contributed by atoms with E-state index >= 15 is 0 Å². The second-order valence-electron chi connectivity index (χ2n) is 5.38. The van der Waals surface area contributed by atoms with E-state index in [0.717, 1.165) is 24.5 Å². The summed E-state index contributed by atoms with van der Waals surface area (Å²) in [6.07, 6.45) is 7.96. The van der Waals surface area contributed by atoms with Crippen LogP contribution in [0.3, 0.4) is 0 Å². The van der Waals surface area contributed by atoms with Crippen LogP contribution < -0.4 is 5.73 Å². The highest BCUT2D eigenvalue weighted by molar-refractivity contribution is 5.22. The van der Waals surface area contributed by atoms with Gasteiger partial charge >= 0.3 is 0 Å². The lowest BCUT2D eigenvalue weighted by Gasteiger charge is -2.28. The van der Waals surface area contributed by atoms with E-state index in [1.54, 1.807) is 0 Å². The molecule has 88 valence electrons. The summed E-state index contributed by atoms with van der Waals surface area (Å²) in [6, 6.07) is 4.22. The van der Waals surface area contributed by atoms with Crippen molar-refractivity contribution in [3.8, 4) is 0 Å². The van der Waals surface area contributed by atoms with Crippen molar-refractivity contribution in [2.75, 3.05) is 0 Å². The number of hydrogen-bond donors (Lipinski definition) is 1. The molecule has 1 aromatic rings. The first kappa shape index (κ1) is 11.6. The van der Waals surface area contributed by atoms with Crippen LogP contribution in [0.4, 0.5) is 0 Å². The summed E-state index contributed by atoms with van der Waals surface area (Å²) in [5.74, 6) is 0.823. The second-order valence-corrected chi connectivity index (χ2v) is 5.38. The Morgan fingerprint density at radius 1 is 1.31 bits per heavy atom. The maximum atomic E-state index is 6.55. The van der Waals surface area contributed by atoms with E-state index in [2.05, 4.69) is 24.0 Å². The van der Waals surface area contributed by atoms with Crippen molar-refractivity contribution >= 4 is 0 Å². The molecule has 1 aliphatic rings. The Kier molecular flexibility index (Phi) is 3.29. The minimum atomic E-state index is -0.133. The molecule has 2 rings (SSSR count). The van der Waals surface area contributed by atoms with Crippen molar-refractivity contribution in [1.29, 1.82) is 0 Å². The van der Waals surface area contributed by atoms with Crippen LogP contribution in [0.25, 0.3) is 0 Å². The molecule has 2 unspecified atom stereocenters. The monoisotopic (exact) mass is 218 g/mol. The van der Waals surface area contributed by atoms with E-state index < -0.39 is 0 Å². The predicted octanol–water partition coefficient (Wildman–Crippen LogP) is 3.14. The van der Waals surface area contributed by atoms with Gasteiger partial charge < -0.3 is 5.73 Å². The molecular formula is C14H22N2. The smallest absolute Gasteiger partial charge is 0.0425 e. The summed E-state index contributed by atoms with van der Waals surface area (Å²) in [7, 11) is 0. The maximum Gasteiger partial charge on any atom is 0.0425 e. The lowest BCUT2D eigenvalue weighted by atomic mass is 9.84. The highest BCUT2D eigenvalue weighted by Gasteiger charge is 2.30. The van der Waals surface area contributed by atoms with Crippen LogP contribution in [-0.4, -0.2) is 4.98 Å². The third-order valence-corrected chi connectivity index (χ3v) is 3.89. The number of aromatic nitrogens is 1. The molecule has 0 amide bonds. The van der Waals surface area contributed by atoms with Crippen LogP contribution >= 0.6 is 0 Å². The van der Waals surface area contributed by atoms with Crippen molar-refractivity contribution in [2.45, 2.75) is 51.5 Å². The van der Waals surface area contributed by atoms with E-state index in [9.17, 15) is 0 Å². The van der Waals surface area contributed by atoms with Gasteiger partial charge in [-0.15, -0.1) is 0 Å². The summed E-state index contributed by atoms with van der Waals surface area (Å²) in [4.78, 5) is 4.37. The molecule has 1 aromatic heterocycles. The summed E-state index contributed by atoms with van der Waals surface area (Å²) >= 11 is 0. The van der Waals surface area contributed by atoms with Crippen LogP contribution in [0, 0.1) is 12.8 Å². The number of nitrogens with zero attached hydrogens (tertiary/aromatic N) is 1. The van der Waals surface area contributed by atoms with Crippen molar-refractivity contribution < 1.29 is 0 Å². The topological polar surface area (TPSA) is 38.9 Å². The maximum absolute atomic E-state index is 6.55. The van der Waals surface area contributed by atoms with Gasteiger partial charge in [-0.1, -0.05) is 25.8 Å². The Balaban J connectivity index is 2.20. The molecule has 2 atom stereocenters. The van der Waals surface area contributed by atoms with Crippen molar-refractivity contribution in [3.63, 3.8) is 0 Å². The lowest BCUT2D eigenvalue weighted by Crippen LogP contribution is -2.36. The van der Waals surface area contributed by atoms with E-state index in [-0.39, 0.29) is 5.54 Å². The van der Waals surface area contributed by atoms with Crippen LogP contribution in [0.1, 0.15) is 50.3 Å². The molecule has 0 aliphatic heterocycles. The summed E-state index contributed by atoms with van der Waals surface area (Å²) in [5.41, 5.74) is 8.70. The fourth-order valence-corrected chi connectivity index (χ4v) is 2.59. The average molecular weight is 218 g/mol. The number of pyridine rings is 1. The van der Waals surface area contributed by atoms with Gasteiger partial charge in [-0.2, -0.15) is 0 Å². The van der Waals surface area contributed by atoms with Gasteiger partial charge in [0.05, 0.1) is 0 Å². The van der Waals surface area contributed by atoms with Gasteiger partial charge in [0.1, 0.15) is 0 Å². The van der Waals surface area contributed by atoms with Gasteiger partial charge in [-0.3, -0.25) is 4.98 Å². The Bertz CT molecular complexity index is 344. The first-order chi connectivity index (χ1) is 7.60. The first-order valence-corrected chi connectivity index (χ1v) is 6.32. The number of rotatable bonds is 1. The quantitative estimate of drug-likeness (QED) is 0.735. The molecule has 0 aromatic carbocycles. The molecule has 2 heteroatoms. The van der Waals surface area contributed by atoms with E-state index in [1.165, 1.54) is 24.8 Å². The second kappa shape index (κ2) is 4.54. The Morgan fingerprint density at radius 2 is 2.12 bits per heavy atom. The molecule has 1 aliphatic carbocycles. The van der Waals surface area contributed by atoms with Crippen LogP contribution in [0.5, 0.6) is 0 Å². The average Bonchev–Trinajstić information content (AvgIpc) is 2.43. The first-order valence-electron chi connectivity index (χ1n) is 6.32. The Labute approximate surface area is 98.3 Å². The molecule has 2 nitrogen and oxygen atoms in total. The van der Waals surface area contributed by atoms with Gasteiger partial charge in [0.25, 0.3) is 0 Å². The summed E-state index contributed by atoms with van der Waals surface area (Å²) < 4.78 is 0. The van der Waals surface area contributed by atoms with Gasteiger partial charge in [-0.25, -0.2) is 0 Å². The fraction of sp³-hybridized carbons (Fsp3) is 0.643. The zero-order chi connectivity index (χ0) is 11.6. The predicted molar refractivity (Wildman–Crippen MR) is 67.1 cm³/mol.